The molecule has 0 fully saturated rings. The third kappa shape index (κ3) is 5.93. The van der Waals surface area contributed by atoms with Gasteiger partial charge in [0.25, 0.3) is 5.91 Å². The monoisotopic (exact) mass is 480 g/mol. The highest BCUT2D eigenvalue weighted by molar-refractivity contribution is 6.02. The number of halogens is 1. The van der Waals surface area contributed by atoms with E-state index in [9.17, 15) is 14.0 Å². The van der Waals surface area contributed by atoms with Gasteiger partial charge in [0.1, 0.15) is 12.4 Å². The lowest BCUT2D eigenvalue weighted by Crippen LogP contribution is -2.34. The fraction of sp³-hybridized carbons (Fsp3) is 0.333. The molecule has 184 valence electrons. The molecule has 3 aromatic rings. The molecule has 0 saturated heterocycles. The first kappa shape index (κ1) is 24.1. The van der Waals surface area contributed by atoms with E-state index in [1.54, 1.807) is 30.4 Å². The van der Waals surface area contributed by atoms with Crippen LogP contribution in [0.15, 0.2) is 42.9 Å². The maximum atomic E-state index is 14.6. The summed E-state index contributed by atoms with van der Waals surface area (Å²) in [7, 11) is 5.63. The highest BCUT2D eigenvalue weighted by Gasteiger charge is 2.25. The Labute approximate surface area is 203 Å². The number of anilines is 4. The van der Waals surface area contributed by atoms with Crippen molar-refractivity contribution >= 4 is 34.7 Å². The second-order valence-electron chi connectivity index (χ2n) is 8.70. The zero-order chi connectivity index (χ0) is 24.9. The van der Waals surface area contributed by atoms with Gasteiger partial charge in [-0.1, -0.05) is 12.1 Å². The summed E-state index contributed by atoms with van der Waals surface area (Å²) < 4.78 is 16.1. The molecule has 0 aliphatic carbocycles. The molecule has 0 saturated carbocycles. The molecular formula is C24H29FN8O2. The number of fused-ring (bicyclic) bond motifs is 1. The number of carbonyl (C=O) groups excluding carboxylic acids is 2. The average Bonchev–Trinajstić information content (AvgIpc) is 3.25. The van der Waals surface area contributed by atoms with Crippen LogP contribution in [0.2, 0.25) is 0 Å². The fourth-order valence-corrected chi connectivity index (χ4v) is 3.78. The normalized spacial score (nSPS) is 13.1. The maximum absolute atomic E-state index is 14.6. The van der Waals surface area contributed by atoms with Crippen molar-refractivity contribution in [3.8, 4) is 0 Å². The van der Waals surface area contributed by atoms with Gasteiger partial charge < -0.3 is 25.8 Å². The highest BCUT2D eigenvalue weighted by Crippen LogP contribution is 2.30. The summed E-state index contributed by atoms with van der Waals surface area (Å²) >= 11 is 0. The van der Waals surface area contributed by atoms with E-state index in [1.807, 2.05) is 31.1 Å². The Morgan fingerprint density at radius 1 is 1.20 bits per heavy atom. The van der Waals surface area contributed by atoms with E-state index in [4.69, 9.17) is 0 Å². The van der Waals surface area contributed by atoms with Gasteiger partial charge in [0, 0.05) is 38.9 Å². The zero-order valence-electron chi connectivity index (χ0n) is 20.0. The van der Waals surface area contributed by atoms with Crippen LogP contribution in [0.5, 0.6) is 0 Å². The molecule has 0 unspecified atom stereocenters. The number of aromatic nitrogens is 3. The number of nitrogens with one attached hydrogen (secondary N) is 3. The molecule has 3 N–H and O–H groups in total. The molecule has 3 heterocycles. The molecule has 2 aromatic heterocycles. The van der Waals surface area contributed by atoms with Gasteiger partial charge in [-0.2, -0.15) is 5.10 Å². The summed E-state index contributed by atoms with van der Waals surface area (Å²) in [5.74, 6) is -0.397. The van der Waals surface area contributed by atoms with Crippen LogP contribution in [0.3, 0.4) is 0 Å². The van der Waals surface area contributed by atoms with Crippen molar-refractivity contribution in [2.75, 3.05) is 51.4 Å². The van der Waals surface area contributed by atoms with Crippen molar-refractivity contribution in [3.05, 3.63) is 59.8 Å². The Morgan fingerprint density at radius 3 is 2.83 bits per heavy atom. The third-order valence-corrected chi connectivity index (χ3v) is 5.64. The van der Waals surface area contributed by atoms with Crippen LogP contribution in [-0.2, 0) is 17.8 Å². The maximum Gasteiger partial charge on any atom is 0.255 e. The average molecular weight is 481 g/mol. The Morgan fingerprint density at radius 2 is 2.03 bits per heavy atom. The van der Waals surface area contributed by atoms with Crippen molar-refractivity contribution in [2.24, 2.45) is 0 Å². The van der Waals surface area contributed by atoms with E-state index in [-0.39, 0.29) is 24.0 Å². The van der Waals surface area contributed by atoms with Gasteiger partial charge in [-0.15, -0.1) is 0 Å². The Balaban J connectivity index is 1.44. The molecule has 1 aliphatic heterocycles. The van der Waals surface area contributed by atoms with Gasteiger partial charge in [0.05, 0.1) is 35.0 Å². The van der Waals surface area contributed by atoms with Crippen LogP contribution >= 0.6 is 0 Å². The lowest BCUT2D eigenvalue weighted by Gasteiger charge is -2.27. The molecule has 35 heavy (non-hydrogen) atoms. The third-order valence-electron chi connectivity index (χ3n) is 5.64. The fourth-order valence-electron chi connectivity index (χ4n) is 3.78. The molecule has 4 rings (SSSR count). The van der Waals surface area contributed by atoms with Gasteiger partial charge in [0.2, 0.25) is 5.91 Å². The number of hydrogen-bond donors (Lipinski definition) is 3. The standard InChI is InChI=1S/C24H29FN8O2/c1-31(2)10-8-26-22(34)15-33-14-17(12-28-33)29-21-11-20(18(25)13-27-21)30-19-6-4-5-16-7-9-32(3)24(35)23(16)19/h4-6,11-14H,7-10,15H2,1-3H3,(H,26,34)(H2,27,29,30). The summed E-state index contributed by atoms with van der Waals surface area (Å²) in [5, 5.41) is 13.2. The first-order valence-electron chi connectivity index (χ1n) is 11.3. The first-order valence-corrected chi connectivity index (χ1v) is 11.3. The van der Waals surface area contributed by atoms with E-state index >= 15 is 0 Å². The van der Waals surface area contributed by atoms with Crippen molar-refractivity contribution in [2.45, 2.75) is 13.0 Å². The number of pyridine rings is 1. The minimum absolute atomic E-state index is 0.0837. The highest BCUT2D eigenvalue weighted by atomic mass is 19.1. The first-order chi connectivity index (χ1) is 16.8. The molecule has 1 aliphatic rings. The molecule has 0 atom stereocenters. The van der Waals surface area contributed by atoms with Gasteiger partial charge in [0.15, 0.2) is 5.82 Å². The van der Waals surface area contributed by atoms with Gasteiger partial charge in [-0.25, -0.2) is 9.37 Å². The van der Waals surface area contributed by atoms with Crippen molar-refractivity contribution in [3.63, 3.8) is 0 Å². The van der Waals surface area contributed by atoms with E-state index < -0.39 is 5.82 Å². The Bertz CT molecular complexity index is 1230. The van der Waals surface area contributed by atoms with Crippen LogP contribution in [0, 0.1) is 5.82 Å². The van der Waals surface area contributed by atoms with Crippen molar-refractivity contribution in [1.29, 1.82) is 0 Å². The van der Waals surface area contributed by atoms with Crippen LogP contribution in [-0.4, -0.2) is 77.2 Å². The second-order valence-corrected chi connectivity index (χ2v) is 8.70. The number of hydrogen-bond acceptors (Lipinski definition) is 7. The smallest absolute Gasteiger partial charge is 0.255 e. The summed E-state index contributed by atoms with van der Waals surface area (Å²) in [6.07, 6.45) is 5.09. The molecule has 0 radical (unpaired) electrons. The topological polar surface area (TPSA) is 107 Å². The lowest BCUT2D eigenvalue weighted by atomic mass is 9.97. The van der Waals surface area contributed by atoms with Gasteiger partial charge in [-0.05, 0) is 32.1 Å². The minimum atomic E-state index is -0.546. The van der Waals surface area contributed by atoms with Crippen LogP contribution in [0.1, 0.15) is 15.9 Å². The summed E-state index contributed by atoms with van der Waals surface area (Å²) in [5.41, 5.74) is 2.82. The zero-order valence-corrected chi connectivity index (χ0v) is 20.0. The number of likely N-dealkylation sites (N-methyl/N-ethyl adjacent to an activating group) is 2. The number of amides is 2. The van der Waals surface area contributed by atoms with Crippen molar-refractivity contribution < 1.29 is 14.0 Å². The van der Waals surface area contributed by atoms with Crippen LogP contribution in [0.4, 0.5) is 27.3 Å². The predicted molar refractivity (Wildman–Crippen MR) is 132 cm³/mol. The molecule has 0 spiro atoms. The number of rotatable bonds is 9. The van der Waals surface area contributed by atoms with Crippen LogP contribution < -0.4 is 16.0 Å². The SMILES string of the molecule is CN(C)CCNC(=O)Cn1cc(Nc2cc(Nc3cccc4c3C(=O)N(C)CC4)c(F)cn2)cn1. The quantitative estimate of drug-likeness (QED) is 0.431. The van der Waals surface area contributed by atoms with Gasteiger partial charge in [-0.3, -0.25) is 14.3 Å². The van der Waals surface area contributed by atoms with Crippen LogP contribution in [0.25, 0.3) is 0 Å². The minimum Gasteiger partial charge on any atom is -0.353 e. The molecule has 0 bridgehead atoms. The molecule has 2 amide bonds. The van der Waals surface area contributed by atoms with E-state index in [2.05, 4.69) is 26.0 Å². The number of nitrogens with zero attached hydrogens (tertiary/aromatic N) is 5. The Kier molecular flexibility index (Phi) is 7.25. The van der Waals surface area contributed by atoms with E-state index in [0.29, 0.717) is 35.8 Å². The van der Waals surface area contributed by atoms with Gasteiger partial charge >= 0.3 is 0 Å². The van der Waals surface area contributed by atoms with Crippen molar-refractivity contribution in [1.82, 2.24) is 29.9 Å². The molecule has 10 nitrogen and oxygen atoms in total. The summed E-state index contributed by atoms with van der Waals surface area (Å²) in [6.45, 7) is 2.04. The summed E-state index contributed by atoms with van der Waals surface area (Å²) in [6, 6.07) is 7.05. The molecular weight excluding hydrogens is 451 g/mol. The summed E-state index contributed by atoms with van der Waals surface area (Å²) in [4.78, 5) is 32.5. The van der Waals surface area contributed by atoms with E-state index in [0.717, 1.165) is 24.7 Å². The molecule has 11 heteroatoms. The molecule has 1 aromatic carbocycles. The predicted octanol–water partition coefficient (Wildman–Crippen LogP) is 2.21. The largest absolute Gasteiger partial charge is 0.353 e. The second kappa shape index (κ2) is 10.5. The lowest BCUT2D eigenvalue weighted by molar-refractivity contribution is -0.121. The number of benzene rings is 1. The Hall–Kier alpha value is -3.99. The number of carbonyl (C=O) groups is 2. The van der Waals surface area contributed by atoms with E-state index in [1.165, 1.54) is 10.7 Å².